The van der Waals surface area contributed by atoms with Crippen LogP contribution in [-0.4, -0.2) is 37.9 Å². The fraction of sp³-hybridized carbons (Fsp3) is 0.281. The molecule has 3 aromatic rings. The smallest absolute Gasteiger partial charge is 0.469 e. The van der Waals surface area contributed by atoms with E-state index in [0.29, 0.717) is 16.8 Å². The van der Waals surface area contributed by atoms with Gasteiger partial charge in [-0.15, -0.1) is 13.2 Å². The molecule has 0 radical (unpaired) electrons. The molecule has 226 valence electrons. The zero-order chi connectivity index (χ0) is 30.8. The third kappa shape index (κ3) is 9.35. The van der Waals surface area contributed by atoms with Crippen molar-refractivity contribution >= 4 is 34.9 Å². The van der Waals surface area contributed by atoms with Gasteiger partial charge in [0.25, 0.3) is 5.91 Å². The summed E-state index contributed by atoms with van der Waals surface area (Å²) in [5.74, 6) is -1.25. The lowest BCUT2D eigenvalue weighted by Gasteiger charge is -2.24. The predicted octanol–water partition coefficient (Wildman–Crippen LogP) is 7.07. The van der Waals surface area contributed by atoms with Crippen LogP contribution in [0.5, 0.6) is 5.75 Å². The number of nitrogens with one attached hydrogen (secondary N) is 2. The summed E-state index contributed by atoms with van der Waals surface area (Å²) in [6.07, 6.45) is 1.72. The minimum Gasteiger partial charge on any atom is -0.469 e. The van der Waals surface area contributed by atoms with E-state index in [1.807, 2.05) is 24.3 Å². The molecular formula is C32H32F3N3O5. The van der Waals surface area contributed by atoms with E-state index in [-0.39, 0.29) is 31.1 Å². The standard InChI is InChI=1S/C32H32F3N3O5/c1-42-29(39)18-19-36-30(40)25-12-10-22(11-13-25)21-38(27-16-14-24(15-17-27)23-6-3-2-4-7-23)31(41)37-26-8-5-9-28(20-26)43-32(33,34)35/h5-6,8-17,20H,2-4,7,18-19,21H2,1H3,(H,36,40)(H,37,41). The van der Waals surface area contributed by atoms with Gasteiger partial charge in [0.05, 0.1) is 20.1 Å². The molecule has 0 unspecified atom stereocenters. The molecule has 0 fully saturated rings. The largest absolute Gasteiger partial charge is 0.573 e. The van der Waals surface area contributed by atoms with Crippen molar-refractivity contribution in [3.05, 3.63) is 95.6 Å². The summed E-state index contributed by atoms with van der Waals surface area (Å²) in [5, 5.41) is 5.31. The second kappa shape index (κ2) is 14.4. The second-order valence-corrected chi connectivity index (χ2v) is 9.89. The molecular weight excluding hydrogens is 563 g/mol. The number of anilines is 2. The highest BCUT2D eigenvalue weighted by molar-refractivity contribution is 6.02. The number of carbonyl (C=O) groups excluding carboxylic acids is 3. The summed E-state index contributed by atoms with van der Waals surface area (Å²) < 4.78 is 46.7. The maximum Gasteiger partial charge on any atom is 0.573 e. The second-order valence-electron chi connectivity index (χ2n) is 9.89. The zero-order valence-corrected chi connectivity index (χ0v) is 23.6. The summed E-state index contributed by atoms with van der Waals surface area (Å²) in [5.41, 5.74) is 4.11. The van der Waals surface area contributed by atoms with Crippen molar-refractivity contribution < 1.29 is 37.0 Å². The number of alkyl halides is 3. The van der Waals surface area contributed by atoms with E-state index in [1.165, 1.54) is 36.1 Å². The number of ether oxygens (including phenoxy) is 2. The maximum atomic E-state index is 13.5. The normalized spacial score (nSPS) is 13.0. The number of urea groups is 1. The number of methoxy groups -OCH3 is 1. The van der Waals surface area contributed by atoms with Gasteiger partial charge in [-0.1, -0.05) is 36.4 Å². The molecule has 3 aromatic carbocycles. The Labute approximate surface area is 247 Å². The van der Waals surface area contributed by atoms with Crippen molar-refractivity contribution in [3.8, 4) is 5.75 Å². The van der Waals surface area contributed by atoms with Crippen LogP contribution in [-0.2, 0) is 16.1 Å². The summed E-state index contributed by atoms with van der Waals surface area (Å²) in [6.45, 7) is 0.236. The van der Waals surface area contributed by atoms with Gasteiger partial charge in [0, 0.05) is 29.5 Å². The molecule has 2 N–H and O–H groups in total. The Morgan fingerprint density at radius 2 is 1.70 bits per heavy atom. The van der Waals surface area contributed by atoms with Crippen molar-refractivity contribution in [2.75, 3.05) is 23.9 Å². The van der Waals surface area contributed by atoms with Crippen molar-refractivity contribution in [3.63, 3.8) is 0 Å². The zero-order valence-electron chi connectivity index (χ0n) is 23.6. The molecule has 4 rings (SSSR count). The molecule has 0 heterocycles. The van der Waals surface area contributed by atoms with Crippen molar-refractivity contribution in [1.29, 1.82) is 0 Å². The molecule has 0 spiro atoms. The Hall–Kier alpha value is -4.80. The first-order valence-electron chi connectivity index (χ1n) is 13.8. The van der Waals surface area contributed by atoms with Crippen LogP contribution in [0.2, 0.25) is 0 Å². The van der Waals surface area contributed by atoms with E-state index < -0.39 is 24.1 Å². The number of carbonyl (C=O) groups is 3. The van der Waals surface area contributed by atoms with Crippen LogP contribution in [0.4, 0.5) is 29.3 Å². The molecule has 0 saturated carbocycles. The summed E-state index contributed by atoms with van der Waals surface area (Å²) >= 11 is 0. The van der Waals surface area contributed by atoms with Crippen LogP contribution < -0.4 is 20.3 Å². The van der Waals surface area contributed by atoms with Crippen LogP contribution in [0.25, 0.3) is 5.57 Å². The molecule has 11 heteroatoms. The van der Waals surface area contributed by atoms with Crippen molar-refractivity contribution in [2.24, 2.45) is 0 Å². The Kier molecular flexibility index (Phi) is 10.4. The van der Waals surface area contributed by atoms with E-state index in [9.17, 15) is 27.6 Å². The van der Waals surface area contributed by atoms with Gasteiger partial charge in [0.1, 0.15) is 5.75 Å². The topological polar surface area (TPSA) is 97.0 Å². The first-order valence-corrected chi connectivity index (χ1v) is 13.8. The van der Waals surface area contributed by atoms with Gasteiger partial charge in [0.2, 0.25) is 0 Å². The number of allylic oxidation sites excluding steroid dienone is 2. The lowest BCUT2D eigenvalue weighted by atomic mass is 9.93. The number of amides is 3. The van der Waals surface area contributed by atoms with E-state index in [0.717, 1.165) is 37.0 Å². The Morgan fingerprint density at radius 1 is 0.953 bits per heavy atom. The van der Waals surface area contributed by atoms with E-state index in [2.05, 4.69) is 26.2 Å². The van der Waals surface area contributed by atoms with E-state index >= 15 is 0 Å². The lowest BCUT2D eigenvalue weighted by Crippen LogP contribution is -2.34. The molecule has 1 aliphatic rings. The van der Waals surface area contributed by atoms with Crippen LogP contribution in [0.3, 0.4) is 0 Å². The SMILES string of the molecule is COC(=O)CCNC(=O)c1ccc(CN(C(=O)Nc2cccc(OC(F)(F)F)c2)c2ccc(C3=CCCCC3)cc2)cc1. The molecule has 0 saturated heterocycles. The maximum absolute atomic E-state index is 13.5. The minimum atomic E-state index is -4.87. The van der Waals surface area contributed by atoms with Gasteiger partial charge in [-0.05, 0) is 78.8 Å². The van der Waals surface area contributed by atoms with Crippen molar-refractivity contribution in [1.82, 2.24) is 5.32 Å². The van der Waals surface area contributed by atoms with Gasteiger partial charge in [0.15, 0.2) is 0 Å². The Bertz CT molecular complexity index is 1450. The lowest BCUT2D eigenvalue weighted by molar-refractivity contribution is -0.274. The summed E-state index contributed by atoms with van der Waals surface area (Å²) in [4.78, 5) is 38.7. The molecule has 0 aromatic heterocycles. The third-order valence-corrected chi connectivity index (χ3v) is 6.80. The minimum absolute atomic E-state index is 0.0473. The average molecular weight is 596 g/mol. The van der Waals surface area contributed by atoms with Gasteiger partial charge in [-0.3, -0.25) is 14.5 Å². The van der Waals surface area contributed by atoms with E-state index in [1.54, 1.807) is 24.3 Å². The highest BCUT2D eigenvalue weighted by Crippen LogP contribution is 2.30. The van der Waals surface area contributed by atoms with Crippen LogP contribution in [0.1, 0.15) is 53.6 Å². The average Bonchev–Trinajstić information content (AvgIpc) is 3.00. The molecule has 3 amide bonds. The summed E-state index contributed by atoms with van der Waals surface area (Å²) in [7, 11) is 1.27. The quantitative estimate of drug-likeness (QED) is 0.244. The number of halogens is 3. The Balaban J connectivity index is 1.52. The number of esters is 1. The number of benzene rings is 3. The van der Waals surface area contributed by atoms with Gasteiger partial charge >= 0.3 is 18.4 Å². The van der Waals surface area contributed by atoms with Gasteiger partial charge < -0.3 is 20.1 Å². The molecule has 0 bridgehead atoms. The highest BCUT2D eigenvalue weighted by atomic mass is 19.4. The monoisotopic (exact) mass is 595 g/mol. The number of hydrogen-bond acceptors (Lipinski definition) is 5. The summed E-state index contributed by atoms with van der Waals surface area (Å²) in [6, 6.07) is 18.7. The number of hydrogen-bond donors (Lipinski definition) is 2. The first-order chi connectivity index (χ1) is 20.6. The Morgan fingerprint density at radius 3 is 2.35 bits per heavy atom. The third-order valence-electron chi connectivity index (χ3n) is 6.80. The molecule has 43 heavy (non-hydrogen) atoms. The fourth-order valence-electron chi connectivity index (χ4n) is 4.62. The number of rotatable bonds is 10. The van der Waals surface area contributed by atoms with Crippen LogP contribution in [0.15, 0.2) is 78.9 Å². The predicted molar refractivity (Wildman–Crippen MR) is 157 cm³/mol. The van der Waals surface area contributed by atoms with Gasteiger partial charge in [-0.2, -0.15) is 0 Å². The van der Waals surface area contributed by atoms with Crippen molar-refractivity contribution in [2.45, 2.75) is 45.0 Å². The van der Waals surface area contributed by atoms with E-state index in [4.69, 9.17) is 0 Å². The molecule has 8 nitrogen and oxygen atoms in total. The molecule has 0 atom stereocenters. The van der Waals surface area contributed by atoms with Gasteiger partial charge in [-0.25, -0.2) is 4.79 Å². The molecule has 0 aliphatic heterocycles. The molecule has 1 aliphatic carbocycles. The highest BCUT2D eigenvalue weighted by Gasteiger charge is 2.31. The van der Waals surface area contributed by atoms with Crippen LogP contribution >= 0.6 is 0 Å². The number of nitrogens with zero attached hydrogens (tertiary/aromatic N) is 1. The first kappa shape index (κ1) is 31.1. The fourth-order valence-corrected chi connectivity index (χ4v) is 4.62. The van der Waals surface area contributed by atoms with Crippen LogP contribution in [0, 0.1) is 0 Å².